The second-order valence-corrected chi connectivity index (χ2v) is 8.33. The van der Waals surface area contributed by atoms with Crippen LogP contribution in [0.3, 0.4) is 0 Å². The summed E-state index contributed by atoms with van der Waals surface area (Å²) in [6.07, 6.45) is 5.09. The van der Waals surface area contributed by atoms with Crippen LogP contribution in [0.1, 0.15) is 36.3 Å². The van der Waals surface area contributed by atoms with E-state index in [2.05, 4.69) is 15.5 Å². The number of hydrogen-bond acceptors (Lipinski definition) is 6. The summed E-state index contributed by atoms with van der Waals surface area (Å²) in [5, 5.41) is 7.52. The minimum atomic E-state index is 0.135. The van der Waals surface area contributed by atoms with Crippen molar-refractivity contribution in [2.75, 3.05) is 25.5 Å². The van der Waals surface area contributed by atoms with Crippen molar-refractivity contribution >= 4 is 11.7 Å². The lowest BCUT2D eigenvalue weighted by Gasteiger charge is -2.37. The van der Waals surface area contributed by atoms with Gasteiger partial charge in [-0.15, -0.1) is 0 Å². The van der Waals surface area contributed by atoms with Crippen LogP contribution in [-0.2, 0) is 16.0 Å². The average molecular weight is 399 g/mol. The van der Waals surface area contributed by atoms with E-state index < -0.39 is 0 Å². The standard InChI is InChI=1S/C22H30N4O3/c1-14-18(15(2)29-25-14)7-8-22(27)26-12-16-10-19(20(28-3)11-17(16)13-26)24-21-6-4-5-9-23-21/h4-6,9,16-17,19-20H,7-8,10-13H2,1-3H3,(H,23,24)/t16-,17+,19-,20-/m1/s1. The Labute approximate surface area is 171 Å². The summed E-state index contributed by atoms with van der Waals surface area (Å²) in [5.41, 5.74) is 1.95. The van der Waals surface area contributed by atoms with Gasteiger partial charge in [0.15, 0.2) is 0 Å². The molecule has 7 nitrogen and oxygen atoms in total. The Morgan fingerprint density at radius 1 is 1.28 bits per heavy atom. The fraction of sp³-hybridized carbons (Fsp3) is 0.591. The number of carbonyl (C=O) groups is 1. The summed E-state index contributed by atoms with van der Waals surface area (Å²) < 4.78 is 11.0. The maximum atomic E-state index is 12.8. The van der Waals surface area contributed by atoms with Crippen LogP contribution in [0.5, 0.6) is 0 Å². The molecule has 4 rings (SSSR count). The molecule has 1 aliphatic heterocycles. The van der Waals surface area contributed by atoms with Crippen molar-refractivity contribution in [3.05, 3.63) is 41.4 Å². The Hall–Kier alpha value is -2.41. The average Bonchev–Trinajstić information content (AvgIpc) is 3.29. The smallest absolute Gasteiger partial charge is 0.222 e. The van der Waals surface area contributed by atoms with Crippen LogP contribution >= 0.6 is 0 Å². The van der Waals surface area contributed by atoms with Crippen molar-refractivity contribution in [1.29, 1.82) is 0 Å². The summed E-state index contributed by atoms with van der Waals surface area (Å²) in [5.74, 6) is 2.93. The number of rotatable bonds is 6. The van der Waals surface area contributed by atoms with Gasteiger partial charge in [0.25, 0.3) is 0 Å². The lowest BCUT2D eigenvalue weighted by molar-refractivity contribution is -0.130. The molecule has 0 unspecified atom stereocenters. The highest BCUT2D eigenvalue weighted by Crippen LogP contribution is 2.38. The molecule has 29 heavy (non-hydrogen) atoms. The van der Waals surface area contributed by atoms with Gasteiger partial charge in [0.2, 0.25) is 5.91 Å². The van der Waals surface area contributed by atoms with Gasteiger partial charge in [0.05, 0.1) is 17.8 Å². The van der Waals surface area contributed by atoms with Gasteiger partial charge in [-0.05, 0) is 57.1 Å². The van der Waals surface area contributed by atoms with E-state index in [9.17, 15) is 4.79 Å². The van der Waals surface area contributed by atoms with E-state index in [0.717, 1.165) is 48.8 Å². The van der Waals surface area contributed by atoms with E-state index in [1.165, 1.54) is 0 Å². The number of fused-ring (bicyclic) bond motifs is 1. The number of likely N-dealkylation sites (tertiary alicyclic amines) is 1. The summed E-state index contributed by atoms with van der Waals surface area (Å²) in [4.78, 5) is 19.3. The Morgan fingerprint density at radius 3 is 2.72 bits per heavy atom. The predicted molar refractivity (Wildman–Crippen MR) is 110 cm³/mol. The molecule has 1 saturated carbocycles. The summed E-state index contributed by atoms with van der Waals surface area (Å²) >= 11 is 0. The van der Waals surface area contributed by atoms with Crippen molar-refractivity contribution in [1.82, 2.24) is 15.0 Å². The van der Waals surface area contributed by atoms with Gasteiger partial charge in [-0.1, -0.05) is 11.2 Å². The molecule has 2 fully saturated rings. The topological polar surface area (TPSA) is 80.5 Å². The van der Waals surface area contributed by atoms with Crippen molar-refractivity contribution in [2.45, 2.75) is 51.7 Å². The van der Waals surface area contributed by atoms with Crippen molar-refractivity contribution in [3.8, 4) is 0 Å². The predicted octanol–water partition coefficient (Wildman–Crippen LogP) is 2.98. The normalized spacial score (nSPS) is 26.4. The van der Waals surface area contributed by atoms with E-state index in [1.54, 1.807) is 13.3 Å². The third-order valence-corrected chi connectivity index (χ3v) is 6.54. The number of pyridine rings is 1. The van der Waals surface area contributed by atoms with Gasteiger partial charge in [0, 0.05) is 38.4 Å². The minimum absolute atomic E-state index is 0.135. The van der Waals surface area contributed by atoms with Crippen LogP contribution in [-0.4, -0.2) is 53.3 Å². The molecule has 2 aliphatic rings. The fourth-order valence-corrected chi connectivity index (χ4v) is 4.92. The number of anilines is 1. The second kappa shape index (κ2) is 8.53. The van der Waals surface area contributed by atoms with E-state index in [-0.39, 0.29) is 18.1 Å². The fourth-order valence-electron chi connectivity index (χ4n) is 4.92. The molecule has 7 heteroatoms. The number of ether oxygens (including phenoxy) is 1. The maximum Gasteiger partial charge on any atom is 0.222 e. The van der Waals surface area contributed by atoms with Crippen LogP contribution in [0.25, 0.3) is 0 Å². The first-order valence-corrected chi connectivity index (χ1v) is 10.4. The lowest BCUT2D eigenvalue weighted by atomic mass is 9.77. The molecule has 0 aromatic carbocycles. The van der Waals surface area contributed by atoms with Gasteiger partial charge in [-0.2, -0.15) is 0 Å². The summed E-state index contributed by atoms with van der Waals surface area (Å²) in [6, 6.07) is 6.10. The minimum Gasteiger partial charge on any atom is -0.379 e. The molecular formula is C22H30N4O3. The number of carbonyl (C=O) groups excluding carboxylic acids is 1. The van der Waals surface area contributed by atoms with Crippen molar-refractivity contribution < 1.29 is 14.1 Å². The van der Waals surface area contributed by atoms with E-state index >= 15 is 0 Å². The Kier molecular flexibility index (Phi) is 5.85. The molecule has 1 amide bonds. The van der Waals surface area contributed by atoms with Crippen LogP contribution in [0.4, 0.5) is 5.82 Å². The molecule has 0 spiro atoms. The monoisotopic (exact) mass is 398 g/mol. The highest BCUT2D eigenvalue weighted by atomic mass is 16.5. The molecule has 1 N–H and O–H groups in total. The second-order valence-electron chi connectivity index (χ2n) is 8.33. The molecule has 0 radical (unpaired) electrons. The first-order valence-electron chi connectivity index (χ1n) is 10.4. The van der Waals surface area contributed by atoms with Crippen LogP contribution < -0.4 is 5.32 Å². The van der Waals surface area contributed by atoms with Gasteiger partial charge >= 0.3 is 0 Å². The van der Waals surface area contributed by atoms with Crippen LogP contribution in [0, 0.1) is 25.7 Å². The highest BCUT2D eigenvalue weighted by molar-refractivity contribution is 5.76. The van der Waals surface area contributed by atoms with Gasteiger partial charge in [0.1, 0.15) is 11.6 Å². The van der Waals surface area contributed by atoms with E-state index in [0.29, 0.717) is 24.7 Å². The van der Waals surface area contributed by atoms with Crippen molar-refractivity contribution in [3.63, 3.8) is 0 Å². The maximum absolute atomic E-state index is 12.8. The third kappa shape index (κ3) is 4.29. The zero-order valence-electron chi connectivity index (χ0n) is 17.4. The first kappa shape index (κ1) is 19.9. The molecule has 0 bridgehead atoms. The number of methoxy groups -OCH3 is 1. The Balaban J connectivity index is 1.35. The molecule has 2 aromatic heterocycles. The quantitative estimate of drug-likeness (QED) is 0.806. The van der Waals surface area contributed by atoms with Crippen molar-refractivity contribution in [2.24, 2.45) is 11.8 Å². The van der Waals surface area contributed by atoms with Gasteiger partial charge < -0.3 is 19.5 Å². The summed E-state index contributed by atoms with van der Waals surface area (Å²) in [6.45, 7) is 5.51. The zero-order valence-corrected chi connectivity index (χ0v) is 17.4. The number of amides is 1. The number of aryl methyl sites for hydroxylation is 2. The Bertz CT molecular complexity index is 818. The third-order valence-electron chi connectivity index (χ3n) is 6.54. The lowest BCUT2D eigenvalue weighted by Crippen LogP contribution is -2.44. The zero-order chi connectivity index (χ0) is 20.4. The highest BCUT2D eigenvalue weighted by Gasteiger charge is 2.43. The summed E-state index contributed by atoms with van der Waals surface area (Å²) in [7, 11) is 1.78. The number of aromatic nitrogens is 2. The molecule has 1 saturated heterocycles. The number of hydrogen-bond donors (Lipinski definition) is 1. The van der Waals surface area contributed by atoms with E-state index in [1.807, 2.05) is 36.9 Å². The molecule has 156 valence electrons. The van der Waals surface area contributed by atoms with Crippen LogP contribution in [0.15, 0.2) is 28.9 Å². The first-order chi connectivity index (χ1) is 14.0. The Morgan fingerprint density at radius 2 is 2.07 bits per heavy atom. The number of nitrogens with one attached hydrogen (secondary N) is 1. The van der Waals surface area contributed by atoms with Gasteiger partial charge in [-0.25, -0.2) is 4.98 Å². The molecule has 4 atom stereocenters. The molecule has 1 aliphatic carbocycles. The number of nitrogens with zero attached hydrogens (tertiary/aromatic N) is 3. The molecular weight excluding hydrogens is 368 g/mol. The van der Waals surface area contributed by atoms with Crippen LogP contribution in [0.2, 0.25) is 0 Å². The molecule has 3 heterocycles. The molecule has 2 aromatic rings. The van der Waals surface area contributed by atoms with E-state index in [4.69, 9.17) is 9.26 Å². The largest absolute Gasteiger partial charge is 0.379 e. The SMILES string of the molecule is CO[C@@H]1C[C@H]2CN(C(=O)CCc3c(C)noc3C)C[C@H]2C[C@H]1Nc1ccccn1. The van der Waals surface area contributed by atoms with Gasteiger partial charge in [-0.3, -0.25) is 4.79 Å².